The molecule has 4 rings (SSSR count). The molecule has 0 aliphatic carbocycles. The van der Waals surface area contributed by atoms with Gasteiger partial charge in [-0.2, -0.15) is 0 Å². The first-order valence-electron chi connectivity index (χ1n) is 10.6. The van der Waals surface area contributed by atoms with Crippen molar-refractivity contribution in [2.24, 2.45) is 0 Å². The Morgan fingerprint density at radius 1 is 1.15 bits per heavy atom. The lowest BCUT2D eigenvalue weighted by molar-refractivity contribution is 0.325. The van der Waals surface area contributed by atoms with Crippen LogP contribution < -0.4 is 19.6 Å². The number of anilines is 1. The second-order valence-electron chi connectivity index (χ2n) is 7.44. The number of halogens is 1. The first kappa shape index (κ1) is 24.2. The fraction of sp³-hybridized carbons (Fsp3) is 0.304. The maximum atomic E-state index is 13.5. The molecule has 0 fully saturated rings. The highest BCUT2D eigenvalue weighted by atomic mass is 32.2. The number of benzene rings is 2. The van der Waals surface area contributed by atoms with E-state index in [2.05, 4.69) is 20.3 Å². The van der Waals surface area contributed by atoms with Crippen LogP contribution in [-0.4, -0.2) is 53.0 Å². The van der Waals surface area contributed by atoms with E-state index in [0.717, 1.165) is 22.6 Å². The first-order chi connectivity index (χ1) is 16.5. The Morgan fingerprint density at radius 3 is 2.56 bits per heavy atom. The van der Waals surface area contributed by atoms with E-state index in [9.17, 15) is 4.39 Å². The summed E-state index contributed by atoms with van der Waals surface area (Å²) in [6.07, 6.45) is 6.69. The highest BCUT2D eigenvalue weighted by Gasteiger charge is 2.27. The number of aromatic nitrogens is 3. The van der Waals surface area contributed by atoms with E-state index in [-0.39, 0.29) is 11.9 Å². The summed E-state index contributed by atoms with van der Waals surface area (Å²) in [7, 11) is 5.17. The molecule has 2 heterocycles. The van der Waals surface area contributed by atoms with E-state index in [1.54, 1.807) is 32.0 Å². The fourth-order valence-corrected chi connectivity index (χ4v) is 5.05. The molecule has 0 radical (unpaired) electrons. The maximum absolute atomic E-state index is 13.5. The number of methoxy groups -OCH3 is 2. The first-order valence-corrected chi connectivity index (χ1v) is 12.8. The lowest BCUT2D eigenvalue weighted by atomic mass is 10.2. The molecule has 8 nitrogen and oxygen atoms in total. The Bertz CT molecular complexity index is 1150. The molecule has 1 aliphatic heterocycles. The second-order valence-corrected chi connectivity index (χ2v) is 9.19. The van der Waals surface area contributed by atoms with Crippen molar-refractivity contribution >= 4 is 29.7 Å². The summed E-state index contributed by atoms with van der Waals surface area (Å²) < 4.78 is 30.1. The smallest absolute Gasteiger partial charge is 0.239 e. The standard InChI is InChI=1S/C23H27FN6O2S2/c1-29-12-10-17(27-29)22-25-26-23(30(22)21-18(31-2)6-5-7-19(21)32-3)28-34-13-11-15-8-9-16(24)14-20(15)33-4/h5-10,12,14,17,27H,11,13H2,1-4H3,(H,26,28). The average Bonchev–Trinajstić information content (AvgIpc) is 3.47. The monoisotopic (exact) mass is 502 g/mol. The van der Waals surface area contributed by atoms with Gasteiger partial charge in [-0.1, -0.05) is 12.1 Å². The van der Waals surface area contributed by atoms with Crippen molar-refractivity contribution in [3.05, 3.63) is 65.9 Å². The molecule has 0 bridgehead atoms. The van der Waals surface area contributed by atoms with Crippen LogP contribution in [-0.2, 0) is 6.42 Å². The molecule has 0 saturated heterocycles. The Hall–Kier alpha value is -2.89. The number of para-hydroxylation sites is 1. The summed E-state index contributed by atoms with van der Waals surface area (Å²) in [5, 5.41) is 10.8. The van der Waals surface area contributed by atoms with Crippen molar-refractivity contribution in [3.63, 3.8) is 0 Å². The molecule has 1 aromatic heterocycles. The largest absolute Gasteiger partial charge is 0.494 e. The number of ether oxygens (including phenoxy) is 2. The zero-order valence-corrected chi connectivity index (χ0v) is 21.0. The Labute approximate surface area is 207 Å². The van der Waals surface area contributed by atoms with E-state index < -0.39 is 0 Å². The molecular formula is C23H27FN6O2S2. The molecule has 0 amide bonds. The van der Waals surface area contributed by atoms with Gasteiger partial charge in [0.2, 0.25) is 5.95 Å². The number of nitrogens with zero attached hydrogens (tertiary/aromatic N) is 4. The van der Waals surface area contributed by atoms with Crippen molar-refractivity contribution in [1.29, 1.82) is 0 Å². The number of nitrogens with one attached hydrogen (secondary N) is 2. The molecule has 0 spiro atoms. The molecule has 2 N–H and O–H groups in total. The van der Waals surface area contributed by atoms with Gasteiger partial charge in [0.05, 0.1) is 14.2 Å². The predicted molar refractivity (Wildman–Crippen MR) is 135 cm³/mol. The third-order valence-corrected chi connectivity index (χ3v) is 6.88. The van der Waals surface area contributed by atoms with E-state index in [1.807, 2.05) is 59.4 Å². The summed E-state index contributed by atoms with van der Waals surface area (Å²) in [6, 6.07) is 10.4. The molecule has 0 saturated carbocycles. The third-order valence-electron chi connectivity index (χ3n) is 5.32. The van der Waals surface area contributed by atoms with Gasteiger partial charge in [-0.15, -0.1) is 22.0 Å². The van der Waals surface area contributed by atoms with Crippen LogP contribution in [0.15, 0.2) is 53.6 Å². The zero-order valence-electron chi connectivity index (χ0n) is 19.4. The summed E-state index contributed by atoms with van der Waals surface area (Å²) in [5.74, 6) is 3.06. The summed E-state index contributed by atoms with van der Waals surface area (Å²) in [4.78, 5) is 0.952. The molecule has 34 heavy (non-hydrogen) atoms. The van der Waals surface area contributed by atoms with Crippen LogP contribution in [0, 0.1) is 5.82 Å². The lowest BCUT2D eigenvalue weighted by Gasteiger charge is -2.20. The SMILES string of the molecule is COc1cccc(OC)c1-n1c(NSCCc2ccc(F)cc2SC)nnc1C1C=CN(C)N1. The van der Waals surface area contributed by atoms with Crippen molar-refractivity contribution in [3.8, 4) is 17.2 Å². The Kier molecular flexibility index (Phi) is 7.86. The minimum Gasteiger partial charge on any atom is -0.494 e. The molecule has 1 atom stereocenters. The number of hydrogen-bond acceptors (Lipinski definition) is 9. The van der Waals surface area contributed by atoms with E-state index >= 15 is 0 Å². The van der Waals surface area contributed by atoms with Crippen molar-refractivity contribution < 1.29 is 13.9 Å². The van der Waals surface area contributed by atoms with E-state index in [4.69, 9.17) is 9.47 Å². The number of aryl methyl sites for hydroxylation is 1. The van der Waals surface area contributed by atoms with Crippen molar-refractivity contribution in [2.75, 3.05) is 38.0 Å². The van der Waals surface area contributed by atoms with Crippen LogP contribution in [0.4, 0.5) is 10.3 Å². The lowest BCUT2D eigenvalue weighted by Crippen LogP contribution is -2.28. The average molecular weight is 503 g/mol. The molecular weight excluding hydrogens is 475 g/mol. The quantitative estimate of drug-likeness (QED) is 0.237. The van der Waals surface area contributed by atoms with Gasteiger partial charge in [0, 0.05) is 23.9 Å². The highest BCUT2D eigenvalue weighted by molar-refractivity contribution is 8.00. The number of hydrogen-bond donors (Lipinski definition) is 2. The normalized spacial score (nSPS) is 15.1. The van der Waals surface area contributed by atoms with Gasteiger partial charge < -0.3 is 14.5 Å². The van der Waals surface area contributed by atoms with Gasteiger partial charge in [0.15, 0.2) is 5.82 Å². The summed E-state index contributed by atoms with van der Waals surface area (Å²) in [6.45, 7) is 0. The molecule has 180 valence electrons. The van der Waals surface area contributed by atoms with E-state index in [1.165, 1.54) is 18.0 Å². The van der Waals surface area contributed by atoms with Crippen molar-refractivity contribution in [2.45, 2.75) is 17.4 Å². The molecule has 1 aliphatic rings. The third kappa shape index (κ3) is 5.11. The summed E-state index contributed by atoms with van der Waals surface area (Å²) >= 11 is 3.06. The van der Waals surface area contributed by atoms with Crippen LogP contribution in [0.1, 0.15) is 17.4 Å². The second kappa shape index (κ2) is 11.0. The van der Waals surface area contributed by atoms with Gasteiger partial charge in [-0.05, 0) is 60.5 Å². The molecule has 1 unspecified atom stereocenters. The Morgan fingerprint density at radius 2 is 1.91 bits per heavy atom. The van der Waals surface area contributed by atoms with E-state index in [0.29, 0.717) is 29.0 Å². The van der Waals surface area contributed by atoms with Crippen LogP contribution in [0.5, 0.6) is 11.5 Å². The number of thioether (sulfide) groups is 1. The van der Waals surface area contributed by atoms with Gasteiger partial charge in [-0.3, -0.25) is 9.29 Å². The fourth-order valence-electron chi connectivity index (χ4n) is 3.70. The summed E-state index contributed by atoms with van der Waals surface area (Å²) in [5.41, 5.74) is 5.15. The Balaban J connectivity index is 1.60. The minimum atomic E-state index is -0.217. The minimum absolute atomic E-state index is 0.170. The van der Waals surface area contributed by atoms with Crippen LogP contribution in [0.3, 0.4) is 0 Å². The van der Waals surface area contributed by atoms with Gasteiger partial charge in [0.25, 0.3) is 0 Å². The highest BCUT2D eigenvalue weighted by Crippen LogP contribution is 2.37. The number of rotatable bonds is 10. The van der Waals surface area contributed by atoms with Crippen LogP contribution in [0.2, 0.25) is 0 Å². The molecule has 3 aromatic rings. The van der Waals surface area contributed by atoms with Crippen LogP contribution in [0.25, 0.3) is 5.69 Å². The van der Waals surface area contributed by atoms with Gasteiger partial charge in [-0.25, -0.2) is 9.82 Å². The van der Waals surface area contributed by atoms with Gasteiger partial charge in [0.1, 0.15) is 29.0 Å². The van der Waals surface area contributed by atoms with Crippen molar-refractivity contribution in [1.82, 2.24) is 25.2 Å². The number of hydrazine groups is 1. The molecule has 11 heteroatoms. The molecule has 2 aromatic carbocycles. The zero-order chi connectivity index (χ0) is 24.1. The maximum Gasteiger partial charge on any atom is 0.239 e. The van der Waals surface area contributed by atoms with Gasteiger partial charge >= 0.3 is 0 Å². The van der Waals surface area contributed by atoms with Crippen LogP contribution >= 0.6 is 23.7 Å². The predicted octanol–water partition coefficient (Wildman–Crippen LogP) is 4.45. The topological polar surface area (TPSA) is 76.5 Å².